The number of nitrogens with one attached hydrogen (secondary N) is 2. The maximum Gasteiger partial charge on any atom is 0.262 e. The van der Waals surface area contributed by atoms with E-state index in [9.17, 15) is 14.4 Å². The van der Waals surface area contributed by atoms with Gasteiger partial charge in [-0.25, -0.2) is 0 Å². The first-order valence-corrected chi connectivity index (χ1v) is 10.3. The number of benzene rings is 1. The number of nitrogens with zero attached hydrogens (tertiary/aromatic N) is 1. The van der Waals surface area contributed by atoms with E-state index in [0.717, 1.165) is 0 Å². The van der Waals surface area contributed by atoms with Gasteiger partial charge in [-0.1, -0.05) is 19.9 Å². The summed E-state index contributed by atoms with van der Waals surface area (Å²) in [6.07, 6.45) is 0. The average Bonchev–Trinajstić information content (AvgIpc) is 3.22. The molecule has 1 aromatic heterocycles. The molecule has 0 saturated heterocycles. The summed E-state index contributed by atoms with van der Waals surface area (Å²) < 4.78 is 0. The van der Waals surface area contributed by atoms with Crippen molar-refractivity contribution in [3.63, 3.8) is 0 Å². The molecule has 1 aromatic carbocycles. The largest absolute Gasteiger partial charge is 0.339 e. The monoisotopic (exact) mass is 401 g/mol. The lowest BCUT2D eigenvalue weighted by Crippen LogP contribution is -2.46. The van der Waals surface area contributed by atoms with E-state index in [1.807, 2.05) is 33.1 Å². The van der Waals surface area contributed by atoms with Gasteiger partial charge in [-0.2, -0.15) is 0 Å². The number of thiophene rings is 1. The van der Waals surface area contributed by atoms with Crippen LogP contribution in [-0.2, 0) is 4.79 Å². The van der Waals surface area contributed by atoms with Crippen molar-refractivity contribution in [3.05, 3.63) is 52.2 Å². The molecule has 0 aliphatic rings. The van der Waals surface area contributed by atoms with E-state index < -0.39 is 6.04 Å². The standard InChI is InChI=1S/C21H27N3O3S/c1-5-24(6-2)21(27)15-9-11-16(12-10-15)22-20(26)18(14(3)4)23-19(25)17-8-7-13-28-17/h7-14,18H,5-6H2,1-4H3,(H,22,26)(H,23,25)/t18-/m1/s1. The van der Waals surface area contributed by atoms with Crippen LogP contribution in [0.15, 0.2) is 41.8 Å². The van der Waals surface area contributed by atoms with Gasteiger partial charge < -0.3 is 15.5 Å². The summed E-state index contributed by atoms with van der Waals surface area (Å²) in [6, 6.07) is 9.66. The van der Waals surface area contributed by atoms with Crippen molar-refractivity contribution in [1.29, 1.82) is 0 Å². The summed E-state index contributed by atoms with van der Waals surface area (Å²) in [6.45, 7) is 8.93. The number of hydrogen-bond donors (Lipinski definition) is 2. The van der Waals surface area contributed by atoms with E-state index in [1.165, 1.54) is 11.3 Å². The maximum absolute atomic E-state index is 12.7. The first kappa shape index (κ1) is 21.6. The fourth-order valence-corrected chi connectivity index (χ4v) is 3.39. The highest BCUT2D eigenvalue weighted by Crippen LogP contribution is 2.15. The molecule has 2 N–H and O–H groups in total. The molecular formula is C21H27N3O3S. The van der Waals surface area contributed by atoms with Crippen LogP contribution in [0.4, 0.5) is 5.69 Å². The second-order valence-electron chi connectivity index (χ2n) is 6.72. The second kappa shape index (κ2) is 10.0. The SMILES string of the molecule is CCN(CC)C(=O)c1ccc(NC(=O)[C@H](NC(=O)c2cccs2)C(C)C)cc1. The molecule has 3 amide bonds. The number of anilines is 1. The molecular weight excluding hydrogens is 374 g/mol. The summed E-state index contributed by atoms with van der Waals surface area (Å²) in [7, 11) is 0. The van der Waals surface area contributed by atoms with Gasteiger partial charge in [-0.3, -0.25) is 14.4 Å². The van der Waals surface area contributed by atoms with E-state index in [1.54, 1.807) is 41.3 Å². The van der Waals surface area contributed by atoms with E-state index in [0.29, 0.717) is 29.2 Å². The van der Waals surface area contributed by atoms with Crippen molar-refractivity contribution >= 4 is 34.7 Å². The molecule has 6 nitrogen and oxygen atoms in total. The molecule has 0 spiro atoms. The van der Waals surface area contributed by atoms with Crippen LogP contribution in [-0.4, -0.2) is 41.8 Å². The number of carbonyl (C=O) groups excluding carboxylic acids is 3. The van der Waals surface area contributed by atoms with Gasteiger partial charge in [0.2, 0.25) is 5.91 Å². The van der Waals surface area contributed by atoms with Crippen LogP contribution in [0.3, 0.4) is 0 Å². The van der Waals surface area contributed by atoms with Gasteiger partial charge in [0.15, 0.2) is 0 Å². The number of hydrogen-bond acceptors (Lipinski definition) is 4. The van der Waals surface area contributed by atoms with Crippen LogP contribution in [0, 0.1) is 5.92 Å². The molecule has 2 rings (SSSR count). The second-order valence-corrected chi connectivity index (χ2v) is 7.66. The molecule has 2 aromatic rings. The zero-order chi connectivity index (χ0) is 20.7. The molecule has 0 radical (unpaired) electrons. The Balaban J connectivity index is 2.05. The van der Waals surface area contributed by atoms with Crippen molar-refractivity contribution in [2.45, 2.75) is 33.7 Å². The van der Waals surface area contributed by atoms with Crippen molar-refractivity contribution in [1.82, 2.24) is 10.2 Å². The molecule has 150 valence electrons. The summed E-state index contributed by atoms with van der Waals surface area (Å²) >= 11 is 1.33. The molecule has 0 aliphatic heterocycles. The predicted octanol–water partition coefficient (Wildman–Crippen LogP) is 3.62. The van der Waals surface area contributed by atoms with Gasteiger partial charge in [0.1, 0.15) is 6.04 Å². The van der Waals surface area contributed by atoms with Crippen LogP contribution in [0.25, 0.3) is 0 Å². The van der Waals surface area contributed by atoms with Crippen LogP contribution in [0.2, 0.25) is 0 Å². The molecule has 7 heteroatoms. The Morgan fingerprint density at radius 2 is 1.68 bits per heavy atom. The normalized spacial score (nSPS) is 11.8. The maximum atomic E-state index is 12.7. The Kier molecular flexibility index (Phi) is 7.75. The lowest BCUT2D eigenvalue weighted by molar-refractivity contribution is -0.118. The quantitative estimate of drug-likeness (QED) is 0.709. The first-order valence-electron chi connectivity index (χ1n) is 9.41. The lowest BCUT2D eigenvalue weighted by atomic mass is 10.0. The van der Waals surface area contributed by atoms with Gasteiger partial charge in [-0.15, -0.1) is 11.3 Å². The summed E-state index contributed by atoms with van der Waals surface area (Å²) in [5.41, 5.74) is 1.16. The lowest BCUT2D eigenvalue weighted by Gasteiger charge is -2.22. The van der Waals surface area contributed by atoms with Crippen molar-refractivity contribution in [2.24, 2.45) is 5.92 Å². The Morgan fingerprint density at radius 3 is 2.18 bits per heavy atom. The highest BCUT2D eigenvalue weighted by Gasteiger charge is 2.25. The van der Waals surface area contributed by atoms with Gasteiger partial charge in [0, 0.05) is 24.3 Å². The van der Waals surface area contributed by atoms with E-state index >= 15 is 0 Å². The first-order chi connectivity index (χ1) is 13.4. The molecule has 0 bridgehead atoms. The molecule has 0 fully saturated rings. The van der Waals surface area contributed by atoms with E-state index in [4.69, 9.17) is 0 Å². The highest BCUT2D eigenvalue weighted by atomic mass is 32.1. The average molecular weight is 402 g/mol. The fraction of sp³-hybridized carbons (Fsp3) is 0.381. The van der Waals surface area contributed by atoms with Crippen LogP contribution < -0.4 is 10.6 Å². The van der Waals surface area contributed by atoms with Crippen molar-refractivity contribution < 1.29 is 14.4 Å². The van der Waals surface area contributed by atoms with Crippen LogP contribution in [0.5, 0.6) is 0 Å². The number of carbonyl (C=O) groups is 3. The molecule has 0 saturated carbocycles. The Labute approximate surface area is 169 Å². The Morgan fingerprint density at radius 1 is 1.04 bits per heavy atom. The number of amides is 3. The summed E-state index contributed by atoms with van der Waals surface area (Å²) in [5.74, 6) is -0.662. The van der Waals surface area contributed by atoms with Gasteiger partial charge in [-0.05, 0) is 55.5 Å². The Hall–Kier alpha value is -2.67. The molecule has 1 atom stereocenters. The minimum absolute atomic E-state index is 0.0360. The van der Waals surface area contributed by atoms with Crippen LogP contribution in [0.1, 0.15) is 47.7 Å². The minimum atomic E-state index is -0.661. The summed E-state index contributed by atoms with van der Waals surface area (Å²) in [4.78, 5) is 39.6. The Bertz CT molecular complexity index is 797. The molecule has 0 unspecified atom stereocenters. The highest BCUT2D eigenvalue weighted by molar-refractivity contribution is 7.12. The third-order valence-corrected chi connectivity index (χ3v) is 5.30. The van der Waals surface area contributed by atoms with E-state index in [-0.39, 0.29) is 23.6 Å². The van der Waals surface area contributed by atoms with Gasteiger partial charge >= 0.3 is 0 Å². The smallest absolute Gasteiger partial charge is 0.262 e. The fourth-order valence-electron chi connectivity index (χ4n) is 2.76. The van der Waals surface area contributed by atoms with Crippen LogP contribution >= 0.6 is 11.3 Å². The van der Waals surface area contributed by atoms with Crippen molar-refractivity contribution in [2.75, 3.05) is 18.4 Å². The molecule has 1 heterocycles. The third-order valence-electron chi connectivity index (χ3n) is 4.43. The third kappa shape index (κ3) is 5.42. The molecule has 28 heavy (non-hydrogen) atoms. The zero-order valence-corrected chi connectivity index (χ0v) is 17.5. The van der Waals surface area contributed by atoms with Gasteiger partial charge in [0.05, 0.1) is 4.88 Å². The predicted molar refractivity (Wildman–Crippen MR) is 113 cm³/mol. The van der Waals surface area contributed by atoms with Crippen molar-refractivity contribution in [3.8, 4) is 0 Å². The molecule has 0 aliphatic carbocycles. The van der Waals surface area contributed by atoms with E-state index in [2.05, 4.69) is 10.6 Å². The topological polar surface area (TPSA) is 78.5 Å². The number of rotatable bonds is 8. The van der Waals surface area contributed by atoms with Gasteiger partial charge in [0.25, 0.3) is 11.8 Å². The minimum Gasteiger partial charge on any atom is -0.339 e. The summed E-state index contributed by atoms with van der Waals surface area (Å²) in [5, 5.41) is 7.44. The zero-order valence-electron chi connectivity index (χ0n) is 16.7.